The normalized spacial score (nSPS) is 12.3. The first kappa shape index (κ1) is 25.1. The van der Waals surface area contributed by atoms with Crippen LogP contribution < -0.4 is 14.8 Å². The molecule has 0 amide bonds. The lowest BCUT2D eigenvalue weighted by atomic mass is 10.1. The van der Waals surface area contributed by atoms with E-state index in [4.69, 9.17) is 9.47 Å². The quantitative estimate of drug-likeness (QED) is 0.287. The van der Waals surface area contributed by atoms with E-state index in [-0.39, 0.29) is 23.3 Å². The van der Waals surface area contributed by atoms with Gasteiger partial charge in [-0.1, -0.05) is 18.2 Å². The average molecular weight is 535 g/mol. The number of rotatable bonds is 9. The van der Waals surface area contributed by atoms with Crippen molar-refractivity contribution in [1.82, 2.24) is 24.9 Å². The molecule has 0 saturated heterocycles. The Labute approximate surface area is 217 Å². The van der Waals surface area contributed by atoms with Crippen LogP contribution in [0.25, 0.3) is 11.0 Å². The Kier molecular flexibility index (Phi) is 6.88. The second-order valence-electron chi connectivity index (χ2n) is 8.27. The van der Waals surface area contributed by atoms with Gasteiger partial charge in [-0.3, -0.25) is 0 Å². The van der Waals surface area contributed by atoms with Gasteiger partial charge in [0.05, 0.1) is 31.5 Å². The number of nitrogens with zero attached hydrogens (tertiary/aromatic N) is 4. The lowest BCUT2D eigenvalue weighted by Gasteiger charge is -2.18. The van der Waals surface area contributed by atoms with Crippen molar-refractivity contribution in [2.45, 2.75) is 16.7 Å². The van der Waals surface area contributed by atoms with Crippen molar-refractivity contribution in [2.24, 2.45) is 0 Å². The van der Waals surface area contributed by atoms with Crippen LogP contribution >= 0.6 is 0 Å². The van der Waals surface area contributed by atoms with Crippen molar-refractivity contribution in [3.63, 3.8) is 0 Å². The zero-order valence-electron chi connectivity index (χ0n) is 20.4. The molecular formula is C26H23FN6O4S. The predicted molar refractivity (Wildman–Crippen MR) is 138 cm³/mol. The van der Waals surface area contributed by atoms with E-state index in [1.54, 1.807) is 48.8 Å². The molecule has 1 unspecified atom stereocenters. The van der Waals surface area contributed by atoms with Gasteiger partial charge in [-0.25, -0.2) is 32.7 Å². The van der Waals surface area contributed by atoms with Crippen LogP contribution in [0.2, 0.25) is 0 Å². The van der Waals surface area contributed by atoms with Crippen LogP contribution in [-0.4, -0.2) is 47.6 Å². The summed E-state index contributed by atoms with van der Waals surface area (Å²) in [5.74, 6) is 0.482. The first-order chi connectivity index (χ1) is 18.4. The third kappa shape index (κ3) is 4.85. The van der Waals surface area contributed by atoms with E-state index in [1.165, 1.54) is 32.7 Å². The molecular weight excluding hydrogens is 511 g/mol. The summed E-state index contributed by atoms with van der Waals surface area (Å²) in [5.41, 5.74) is 1.83. The molecule has 5 rings (SSSR count). The molecule has 12 heteroatoms. The SMILES string of the molecule is COc1cnc2[nH]cc(C(c3cnc(NCc4cc(F)cnc4OC)nc3)S(=O)(=O)c3ccccc3)c2c1. The van der Waals surface area contributed by atoms with Crippen molar-refractivity contribution in [3.8, 4) is 11.6 Å². The van der Waals surface area contributed by atoms with Crippen LogP contribution in [0, 0.1) is 5.82 Å². The maximum absolute atomic E-state index is 13.9. The number of anilines is 1. The van der Waals surface area contributed by atoms with Gasteiger partial charge in [0.25, 0.3) is 0 Å². The molecule has 0 aliphatic carbocycles. The topological polar surface area (TPSA) is 132 Å². The van der Waals surface area contributed by atoms with Gasteiger partial charge in [-0.15, -0.1) is 0 Å². The summed E-state index contributed by atoms with van der Waals surface area (Å²) >= 11 is 0. The van der Waals surface area contributed by atoms with Crippen molar-refractivity contribution in [2.75, 3.05) is 19.5 Å². The molecule has 1 atom stereocenters. The summed E-state index contributed by atoms with van der Waals surface area (Å²) in [7, 11) is -0.967. The fourth-order valence-electron chi connectivity index (χ4n) is 4.12. The van der Waals surface area contributed by atoms with Crippen LogP contribution in [0.15, 0.2) is 78.3 Å². The number of nitrogens with one attached hydrogen (secondary N) is 2. The van der Waals surface area contributed by atoms with E-state index in [0.717, 1.165) is 6.20 Å². The van der Waals surface area contributed by atoms with Crippen molar-refractivity contribution >= 4 is 26.8 Å². The number of hydrogen-bond acceptors (Lipinski definition) is 9. The van der Waals surface area contributed by atoms with Crippen molar-refractivity contribution in [3.05, 3.63) is 96.0 Å². The number of aromatic nitrogens is 5. The molecule has 4 heterocycles. The highest BCUT2D eigenvalue weighted by molar-refractivity contribution is 7.92. The zero-order valence-corrected chi connectivity index (χ0v) is 21.2. The number of fused-ring (bicyclic) bond motifs is 1. The van der Waals surface area contributed by atoms with Crippen LogP contribution in [0.1, 0.15) is 21.9 Å². The molecule has 4 aromatic heterocycles. The molecule has 0 radical (unpaired) electrons. The van der Waals surface area contributed by atoms with Gasteiger partial charge in [0.1, 0.15) is 22.5 Å². The Bertz CT molecular complexity index is 1680. The molecule has 0 fully saturated rings. The summed E-state index contributed by atoms with van der Waals surface area (Å²) in [6.07, 6.45) is 7.15. The molecule has 194 valence electrons. The van der Waals surface area contributed by atoms with E-state index in [2.05, 4.69) is 30.2 Å². The fourth-order valence-corrected chi connectivity index (χ4v) is 5.94. The molecule has 1 aromatic carbocycles. The Balaban J connectivity index is 1.53. The molecule has 38 heavy (non-hydrogen) atoms. The lowest BCUT2D eigenvalue weighted by Crippen LogP contribution is -2.16. The molecule has 0 saturated carbocycles. The molecule has 0 aliphatic heterocycles. The number of halogens is 1. The Morgan fingerprint density at radius 3 is 2.45 bits per heavy atom. The van der Waals surface area contributed by atoms with E-state index < -0.39 is 20.9 Å². The third-order valence-corrected chi connectivity index (χ3v) is 8.01. The largest absolute Gasteiger partial charge is 0.495 e. The fraction of sp³-hybridized carbons (Fsp3) is 0.154. The second kappa shape index (κ2) is 10.4. The number of sulfone groups is 1. The van der Waals surface area contributed by atoms with E-state index in [0.29, 0.717) is 33.5 Å². The summed E-state index contributed by atoms with van der Waals surface area (Å²) in [4.78, 5) is 20.1. The monoisotopic (exact) mass is 534 g/mol. The summed E-state index contributed by atoms with van der Waals surface area (Å²) < 4.78 is 52.0. The van der Waals surface area contributed by atoms with Gasteiger partial charge in [0, 0.05) is 47.2 Å². The van der Waals surface area contributed by atoms with Crippen LogP contribution in [-0.2, 0) is 16.4 Å². The predicted octanol–water partition coefficient (Wildman–Crippen LogP) is 4.08. The molecule has 0 bridgehead atoms. The second-order valence-corrected chi connectivity index (χ2v) is 10.3. The smallest absolute Gasteiger partial charge is 0.222 e. The van der Waals surface area contributed by atoms with Gasteiger partial charge in [0.2, 0.25) is 11.8 Å². The third-order valence-electron chi connectivity index (χ3n) is 5.94. The number of ether oxygens (including phenoxy) is 2. The molecule has 0 aliphatic rings. The Hall–Kier alpha value is -4.58. The minimum Gasteiger partial charge on any atom is -0.495 e. The maximum atomic E-state index is 13.9. The summed E-state index contributed by atoms with van der Waals surface area (Å²) in [6.45, 7) is 0.146. The van der Waals surface area contributed by atoms with E-state index in [9.17, 15) is 12.8 Å². The number of pyridine rings is 2. The van der Waals surface area contributed by atoms with Crippen LogP contribution in [0.5, 0.6) is 11.6 Å². The highest BCUT2D eigenvalue weighted by Gasteiger charge is 2.33. The highest BCUT2D eigenvalue weighted by Crippen LogP contribution is 2.38. The molecule has 2 N–H and O–H groups in total. The zero-order chi connectivity index (χ0) is 26.7. The maximum Gasteiger partial charge on any atom is 0.222 e. The minimum atomic E-state index is -3.93. The Morgan fingerprint density at radius 2 is 1.74 bits per heavy atom. The minimum absolute atomic E-state index is 0.146. The lowest BCUT2D eigenvalue weighted by molar-refractivity contribution is 0.391. The number of H-pyrrole nitrogens is 1. The number of hydrogen-bond donors (Lipinski definition) is 2. The van der Waals surface area contributed by atoms with Crippen molar-refractivity contribution < 1.29 is 22.3 Å². The van der Waals surface area contributed by atoms with Crippen molar-refractivity contribution in [1.29, 1.82) is 0 Å². The van der Waals surface area contributed by atoms with Gasteiger partial charge < -0.3 is 19.8 Å². The van der Waals surface area contributed by atoms with Crippen LogP contribution in [0.4, 0.5) is 10.3 Å². The van der Waals surface area contributed by atoms with Gasteiger partial charge in [-0.2, -0.15) is 0 Å². The Morgan fingerprint density at radius 1 is 0.974 bits per heavy atom. The van der Waals surface area contributed by atoms with Gasteiger partial charge in [0.15, 0.2) is 9.84 Å². The number of benzene rings is 1. The summed E-state index contributed by atoms with van der Waals surface area (Å²) in [6, 6.07) is 11.2. The first-order valence-electron chi connectivity index (χ1n) is 11.4. The molecule has 0 spiro atoms. The van der Waals surface area contributed by atoms with E-state index >= 15 is 0 Å². The first-order valence-corrected chi connectivity index (χ1v) is 13.0. The van der Waals surface area contributed by atoms with Crippen LogP contribution in [0.3, 0.4) is 0 Å². The standard InChI is InChI=1S/C26H23FN6O4S/c1-36-19-9-21-22(15-29-24(21)28-14-19)23(38(34,35)20-6-4-3-5-7-20)17-11-32-26(33-12-17)31-10-16-8-18(27)13-30-25(16)37-2/h3-9,11-15,23H,10H2,1-2H3,(H,28,29)(H,31,32,33). The number of methoxy groups -OCH3 is 2. The average Bonchev–Trinajstić information content (AvgIpc) is 3.35. The summed E-state index contributed by atoms with van der Waals surface area (Å²) in [5, 5.41) is 2.46. The van der Waals surface area contributed by atoms with Gasteiger partial charge in [-0.05, 0) is 24.3 Å². The van der Waals surface area contributed by atoms with Gasteiger partial charge >= 0.3 is 0 Å². The van der Waals surface area contributed by atoms with E-state index in [1.807, 2.05) is 0 Å². The molecule has 5 aromatic rings. The highest BCUT2D eigenvalue weighted by atomic mass is 32.2. The number of aromatic amines is 1. The molecule has 10 nitrogen and oxygen atoms in total.